The normalized spacial score (nSPS) is 15.0. The number of allylic oxidation sites excluding steroid dienone is 2. The van der Waals surface area contributed by atoms with Crippen LogP contribution in [0, 0.1) is 5.92 Å². The molecule has 1 fully saturated rings. The third-order valence-electron chi connectivity index (χ3n) is 14.7. The molecule has 1 saturated heterocycles. The van der Waals surface area contributed by atoms with Gasteiger partial charge in [-0.1, -0.05) is 251 Å². The average molecular weight is 882 g/mol. The summed E-state index contributed by atoms with van der Waals surface area (Å²) in [5.74, 6) is 1.07. The van der Waals surface area contributed by atoms with Gasteiger partial charge >= 0.3 is 0 Å². The standard InChI is InChI=1S/C60H116N2O/c1-6-11-16-21-26-29-34-38-44-57(43-37-32-27-22-17-12-7-2)47-48-59-46-42-54-62(56-59)60(63)50-49-58(45-39-33-28-23-18-13-8-3)51-55-61(52-40-35-30-24-19-14-9-4)53-41-36-31-25-20-15-10-5/h44,49,59H,6-43,45-48,50-56H2,1-5H3/b57-44+,58-49+. The number of carbonyl (C=O) groups is 1. The average Bonchev–Trinajstić information content (AvgIpc) is 3.30. The van der Waals surface area contributed by atoms with Crippen molar-refractivity contribution in [3.05, 3.63) is 23.3 Å². The summed E-state index contributed by atoms with van der Waals surface area (Å²) < 4.78 is 0. The van der Waals surface area contributed by atoms with Gasteiger partial charge in [-0.05, 0) is 102 Å². The Morgan fingerprint density at radius 1 is 0.444 bits per heavy atom. The summed E-state index contributed by atoms with van der Waals surface area (Å²) in [6.07, 6.45) is 64.1. The molecule has 0 bridgehead atoms. The molecule has 0 N–H and O–H groups in total. The fourth-order valence-electron chi connectivity index (χ4n) is 10.2. The summed E-state index contributed by atoms with van der Waals surface area (Å²) in [6, 6.07) is 0. The number of carbonyl (C=O) groups excluding carboxylic acids is 1. The lowest BCUT2D eigenvalue weighted by Crippen LogP contribution is -2.39. The maximum absolute atomic E-state index is 14.0. The Balaban J connectivity index is 2.84. The molecule has 1 unspecified atom stereocenters. The van der Waals surface area contributed by atoms with Crippen LogP contribution in [0.1, 0.15) is 317 Å². The van der Waals surface area contributed by atoms with Crippen LogP contribution in [0.15, 0.2) is 23.3 Å². The van der Waals surface area contributed by atoms with Crippen LogP contribution in [0.25, 0.3) is 0 Å². The van der Waals surface area contributed by atoms with Gasteiger partial charge in [0.1, 0.15) is 0 Å². The van der Waals surface area contributed by atoms with Crippen molar-refractivity contribution < 1.29 is 4.79 Å². The van der Waals surface area contributed by atoms with Crippen LogP contribution < -0.4 is 0 Å². The molecule has 1 aliphatic rings. The van der Waals surface area contributed by atoms with Crippen molar-refractivity contribution in [3.8, 4) is 0 Å². The Hall–Kier alpha value is -1.09. The molecule has 0 aromatic rings. The maximum atomic E-state index is 14.0. The zero-order chi connectivity index (χ0) is 45.5. The van der Waals surface area contributed by atoms with E-state index in [9.17, 15) is 4.79 Å². The Morgan fingerprint density at radius 2 is 0.841 bits per heavy atom. The van der Waals surface area contributed by atoms with E-state index in [2.05, 4.69) is 56.6 Å². The summed E-state index contributed by atoms with van der Waals surface area (Å²) in [6.45, 7) is 17.3. The van der Waals surface area contributed by atoms with Crippen molar-refractivity contribution in [2.75, 3.05) is 32.7 Å². The summed E-state index contributed by atoms with van der Waals surface area (Å²) >= 11 is 0. The molecule has 1 aliphatic heterocycles. The molecule has 1 rings (SSSR count). The predicted octanol–water partition coefficient (Wildman–Crippen LogP) is 19.9. The molecular weight excluding hydrogens is 765 g/mol. The Morgan fingerprint density at radius 3 is 1.30 bits per heavy atom. The smallest absolute Gasteiger partial charge is 0.226 e. The highest BCUT2D eigenvalue weighted by Gasteiger charge is 2.23. The molecule has 3 nitrogen and oxygen atoms in total. The van der Waals surface area contributed by atoms with Gasteiger partial charge in [0, 0.05) is 26.1 Å². The fraction of sp³-hybridized carbons (Fsp3) is 0.917. The Kier molecular flexibility index (Phi) is 45.1. The number of rotatable bonds is 48. The molecule has 372 valence electrons. The maximum Gasteiger partial charge on any atom is 0.226 e. The van der Waals surface area contributed by atoms with E-state index in [0.717, 1.165) is 19.5 Å². The zero-order valence-corrected chi connectivity index (χ0v) is 44.2. The van der Waals surface area contributed by atoms with Crippen molar-refractivity contribution in [3.63, 3.8) is 0 Å². The second-order valence-electron chi connectivity index (χ2n) is 20.8. The first kappa shape index (κ1) is 59.9. The van der Waals surface area contributed by atoms with E-state index >= 15 is 0 Å². The number of hydrogen-bond donors (Lipinski definition) is 0. The number of likely N-dealkylation sites (tertiary alicyclic amines) is 1. The first-order valence-electron chi connectivity index (χ1n) is 29.4. The van der Waals surface area contributed by atoms with Crippen molar-refractivity contribution in [1.29, 1.82) is 0 Å². The minimum Gasteiger partial charge on any atom is -0.342 e. The topological polar surface area (TPSA) is 23.6 Å². The molecule has 1 amide bonds. The van der Waals surface area contributed by atoms with Crippen molar-refractivity contribution in [1.82, 2.24) is 9.80 Å². The monoisotopic (exact) mass is 881 g/mol. The summed E-state index contributed by atoms with van der Waals surface area (Å²) in [7, 11) is 0. The second-order valence-corrected chi connectivity index (χ2v) is 20.8. The summed E-state index contributed by atoms with van der Waals surface area (Å²) in [4.78, 5) is 19.0. The number of nitrogens with zero attached hydrogens (tertiary/aromatic N) is 2. The van der Waals surface area contributed by atoms with Crippen LogP contribution >= 0.6 is 0 Å². The van der Waals surface area contributed by atoms with Gasteiger partial charge < -0.3 is 9.80 Å². The van der Waals surface area contributed by atoms with Gasteiger partial charge in [0.2, 0.25) is 5.91 Å². The SMILES string of the molecule is CCCCCCCCC/C=C(\CCCCCCCCC)CCC1CCCN(C(=O)C/C=C(\CCCCCCCCC)CCN(CCCCCCCCC)CCCCCCCCC)C1. The van der Waals surface area contributed by atoms with E-state index < -0.39 is 0 Å². The first-order valence-corrected chi connectivity index (χ1v) is 29.4. The summed E-state index contributed by atoms with van der Waals surface area (Å²) in [5, 5.41) is 0. The molecule has 3 heteroatoms. The molecule has 1 atom stereocenters. The van der Waals surface area contributed by atoms with Crippen LogP contribution in [-0.4, -0.2) is 48.4 Å². The van der Waals surface area contributed by atoms with Gasteiger partial charge in [0.15, 0.2) is 0 Å². The highest BCUT2D eigenvalue weighted by atomic mass is 16.2. The molecule has 1 heterocycles. The lowest BCUT2D eigenvalue weighted by Gasteiger charge is -2.33. The number of amides is 1. The molecule has 0 aromatic heterocycles. The van der Waals surface area contributed by atoms with E-state index in [4.69, 9.17) is 0 Å². The Labute approximate surface area is 398 Å². The number of piperidine rings is 1. The molecule has 0 radical (unpaired) electrons. The quantitative estimate of drug-likeness (QED) is 0.0449. The second kappa shape index (κ2) is 47.4. The van der Waals surface area contributed by atoms with Gasteiger partial charge in [-0.2, -0.15) is 0 Å². The van der Waals surface area contributed by atoms with Crippen molar-refractivity contribution in [2.45, 2.75) is 317 Å². The molecule has 0 spiro atoms. The third-order valence-corrected chi connectivity index (χ3v) is 14.7. The minimum absolute atomic E-state index is 0.401. The highest BCUT2D eigenvalue weighted by molar-refractivity contribution is 5.77. The first-order chi connectivity index (χ1) is 31.1. The van der Waals surface area contributed by atoms with E-state index in [1.165, 1.54) is 289 Å². The van der Waals surface area contributed by atoms with Crippen LogP contribution in [0.3, 0.4) is 0 Å². The van der Waals surface area contributed by atoms with Crippen molar-refractivity contribution >= 4 is 5.91 Å². The highest BCUT2D eigenvalue weighted by Crippen LogP contribution is 2.27. The largest absolute Gasteiger partial charge is 0.342 e. The molecule has 63 heavy (non-hydrogen) atoms. The van der Waals surface area contributed by atoms with Crippen LogP contribution in [0.4, 0.5) is 0 Å². The van der Waals surface area contributed by atoms with E-state index in [-0.39, 0.29) is 0 Å². The van der Waals surface area contributed by atoms with Gasteiger partial charge in [-0.25, -0.2) is 0 Å². The lowest BCUT2D eigenvalue weighted by atomic mass is 9.89. The minimum atomic E-state index is 0.401. The zero-order valence-electron chi connectivity index (χ0n) is 44.2. The summed E-state index contributed by atoms with van der Waals surface area (Å²) in [5.41, 5.74) is 3.32. The fourth-order valence-corrected chi connectivity index (χ4v) is 10.2. The van der Waals surface area contributed by atoms with Crippen LogP contribution in [0.5, 0.6) is 0 Å². The van der Waals surface area contributed by atoms with E-state index in [0.29, 0.717) is 18.2 Å². The van der Waals surface area contributed by atoms with Gasteiger partial charge in [0.05, 0.1) is 0 Å². The Bertz CT molecular complexity index is 998. The molecule has 0 saturated carbocycles. The van der Waals surface area contributed by atoms with E-state index in [1.54, 1.807) is 11.1 Å². The van der Waals surface area contributed by atoms with Gasteiger partial charge in [-0.15, -0.1) is 0 Å². The third kappa shape index (κ3) is 38.7. The van der Waals surface area contributed by atoms with Gasteiger partial charge in [0.25, 0.3) is 0 Å². The number of unbranched alkanes of at least 4 members (excludes halogenated alkanes) is 31. The molecular formula is C60H116N2O. The number of hydrogen-bond acceptors (Lipinski definition) is 2. The predicted molar refractivity (Wildman–Crippen MR) is 284 cm³/mol. The van der Waals surface area contributed by atoms with Crippen LogP contribution in [-0.2, 0) is 4.79 Å². The van der Waals surface area contributed by atoms with Crippen molar-refractivity contribution in [2.24, 2.45) is 5.92 Å². The molecule has 0 aliphatic carbocycles. The van der Waals surface area contributed by atoms with Crippen LogP contribution in [0.2, 0.25) is 0 Å². The lowest BCUT2D eigenvalue weighted by molar-refractivity contribution is -0.132. The van der Waals surface area contributed by atoms with E-state index in [1.807, 2.05) is 0 Å². The van der Waals surface area contributed by atoms with Gasteiger partial charge in [-0.3, -0.25) is 4.79 Å². The molecule has 0 aromatic carbocycles.